The molecule has 0 aromatic rings. The summed E-state index contributed by atoms with van der Waals surface area (Å²) in [6, 6.07) is 0.341. The van der Waals surface area contributed by atoms with Crippen molar-refractivity contribution in [2.75, 3.05) is 26.2 Å². The van der Waals surface area contributed by atoms with Crippen molar-refractivity contribution in [3.05, 3.63) is 0 Å². The number of likely N-dealkylation sites (N-methyl/N-ethyl adjacent to an activating group) is 1. The van der Waals surface area contributed by atoms with Gasteiger partial charge in [-0.2, -0.15) is 17.0 Å². The number of hydrogen-bond acceptors (Lipinski definition) is 3. The van der Waals surface area contributed by atoms with Crippen LogP contribution in [0.25, 0.3) is 0 Å². The molecule has 2 aliphatic heterocycles. The first-order chi connectivity index (χ1) is 9.61. The maximum Gasteiger partial charge on any atom is 0.282 e. The van der Waals surface area contributed by atoms with E-state index in [0.29, 0.717) is 13.1 Å². The van der Waals surface area contributed by atoms with Gasteiger partial charge in [-0.1, -0.05) is 20.3 Å². The number of piperidine rings is 1. The minimum absolute atomic E-state index is 0.131. The van der Waals surface area contributed by atoms with Gasteiger partial charge in [0.2, 0.25) is 0 Å². The number of nitrogens with zero attached hydrogens (tertiary/aromatic N) is 2. The van der Waals surface area contributed by atoms with Crippen LogP contribution in [0.3, 0.4) is 0 Å². The normalized spacial score (nSPS) is 29.9. The van der Waals surface area contributed by atoms with E-state index in [1.54, 1.807) is 8.61 Å². The summed E-state index contributed by atoms with van der Waals surface area (Å²) in [5.41, 5.74) is 0. The molecule has 20 heavy (non-hydrogen) atoms. The zero-order valence-corrected chi connectivity index (χ0v) is 13.7. The molecule has 0 bridgehead atoms. The summed E-state index contributed by atoms with van der Waals surface area (Å²) in [5.74, 6) is 0. The molecule has 0 saturated carbocycles. The van der Waals surface area contributed by atoms with Gasteiger partial charge >= 0.3 is 0 Å². The van der Waals surface area contributed by atoms with Gasteiger partial charge in [-0.15, -0.1) is 0 Å². The van der Waals surface area contributed by atoms with Crippen molar-refractivity contribution in [3.63, 3.8) is 0 Å². The molecule has 0 amide bonds. The Hall–Kier alpha value is -0.170. The van der Waals surface area contributed by atoms with Gasteiger partial charge in [-0.3, -0.25) is 0 Å². The Kier molecular flexibility index (Phi) is 5.84. The summed E-state index contributed by atoms with van der Waals surface area (Å²) in [6.45, 7) is 7.21. The van der Waals surface area contributed by atoms with Crippen LogP contribution in [0.15, 0.2) is 0 Å². The number of hydrogen-bond donors (Lipinski definition) is 1. The molecule has 1 N–H and O–H groups in total. The van der Waals surface area contributed by atoms with Crippen LogP contribution >= 0.6 is 0 Å². The Bertz CT molecular complexity index is 399. The van der Waals surface area contributed by atoms with Crippen molar-refractivity contribution < 1.29 is 8.42 Å². The molecular formula is C14H29N3O2S. The molecule has 6 heteroatoms. The highest BCUT2D eigenvalue weighted by Gasteiger charge is 2.40. The summed E-state index contributed by atoms with van der Waals surface area (Å²) >= 11 is 0. The van der Waals surface area contributed by atoms with Gasteiger partial charge in [0.1, 0.15) is 0 Å². The van der Waals surface area contributed by atoms with Crippen molar-refractivity contribution in [1.29, 1.82) is 0 Å². The second-order valence-corrected chi connectivity index (χ2v) is 7.72. The topological polar surface area (TPSA) is 52.7 Å². The van der Waals surface area contributed by atoms with Crippen LogP contribution in [-0.4, -0.2) is 55.3 Å². The van der Waals surface area contributed by atoms with Crippen molar-refractivity contribution in [3.8, 4) is 0 Å². The third-order valence-electron chi connectivity index (χ3n) is 4.59. The van der Waals surface area contributed by atoms with Crippen LogP contribution in [0, 0.1) is 0 Å². The van der Waals surface area contributed by atoms with E-state index in [4.69, 9.17) is 0 Å². The number of rotatable bonds is 6. The van der Waals surface area contributed by atoms with Crippen molar-refractivity contribution in [2.45, 2.75) is 64.5 Å². The predicted molar refractivity (Wildman–Crippen MR) is 81.8 cm³/mol. The molecule has 0 radical (unpaired) electrons. The molecule has 0 aromatic heterocycles. The molecule has 0 aromatic carbocycles. The first-order valence-electron chi connectivity index (χ1n) is 8.10. The van der Waals surface area contributed by atoms with E-state index >= 15 is 0 Å². The van der Waals surface area contributed by atoms with Crippen LogP contribution < -0.4 is 5.32 Å². The molecule has 2 atom stereocenters. The van der Waals surface area contributed by atoms with E-state index in [2.05, 4.69) is 19.2 Å². The van der Waals surface area contributed by atoms with Crippen LogP contribution in [-0.2, 0) is 10.2 Å². The fourth-order valence-electron chi connectivity index (χ4n) is 3.45. The Morgan fingerprint density at radius 3 is 2.35 bits per heavy atom. The first kappa shape index (κ1) is 16.2. The molecule has 0 aliphatic carbocycles. The SMILES string of the molecule is CCNCC1CCCCN1S(=O)(=O)N1CCCC1CC. The van der Waals surface area contributed by atoms with Crippen LogP contribution in [0.2, 0.25) is 0 Å². The molecule has 0 spiro atoms. The molecule has 118 valence electrons. The fourth-order valence-corrected chi connectivity index (χ4v) is 5.63. The van der Waals surface area contributed by atoms with E-state index in [1.165, 1.54) is 0 Å². The van der Waals surface area contributed by atoms with Gasteiger partial charge in [0.15, 0.2) is 0 Å². The van der Waals surface area contributed by atoms with Crippen molar-refractivity contribution in [1.82, 2.24) is 13.9 Å². The second-order valence-electron chi connectivity index (χ2n) is 5.89. The monoisotopic (exact) mass is 303 g/mol. The Morgan fingerprint density at radius 1 is 1.00 bits per heavy atom. The zero-order chi connectivity index (χ0) is 14.6. The molecule has 5 nitrogen and oxygen atoms in total. The highest BCUT2D eigenvalue weighted by molar-refractivity contribution is 7.86. The largest absolute Gasteiger partial charge is 0.315 e. The molecule has 2 rings (SSSR count). The van der Waals surface area contributed by atoms with Crippen LogP contribution in [0.4, 0.5) is 0 Å². The highest BCUT2D eigenvalue weighted by Crippen LogP contribution is 2.29. The Morgan fingerprint density at radius 2 is 1.65 bits per heavy atom. The van der Waals surface area contributed by atoms with Crippen LogP contribution in [0.5, 0.6) is 0 Å². The zero-order valence-electron chi connectivity index (χ0n) is 12.8. The van der Waals surface area contributed by atoms with E-state index in [0.717, 1.165) is 51.6 Å². The second kappa shape index (κ2) is 7.20. The van der Waals surface area contributed by atoms with E-state index < -0.39 is 10.2 Å². The van der Waals surface area contributed by atoms with E-state index in [1.807, 2.05) is 0 Å². The maximum absolute atomic E-state index is 13.0. The van der Waals surface area contributed by atoms with Crippen molar-refractivity contribution in [2.24, 2.45) is 0 Å². The van der Waals surface area contributed by atoms with E-state index in [9.17, 15) is 8.42 Å². The molecule has 2 heterocycles. The van der Waals surface area contributed by atoms with Gasteiger partial charge in [0.25, 0.3) is 10.2 Å². The Balaban J connectivity index is 2.12. The Labute approximate surface area is 123 Å². The maximum atomic E-state index is 13.0. The summed E-state index contributed by atoms with van der Waals surface area (Å²) in [5, 5.41) is 3.31. The summed E-state index contributed by atoms with van der Waals surface area (Å²) in [7, 11) is -3.28. The summed E-state index contributed by atoms with van der Waals surface area (Å²) in [6.07, 6.45) is 6.05. The lowest BCUT2D eigenvalue weighted by Gasteiger charge is -2.38. The average molecular weight is 303 g/mol. The smallest absolute Gasteiger partial charge is 0.282 e. The fraction of sp³-hybridized carbons (Fsp3) is 1.00. The number of nitrogens with one attached hydrogen (secondary N) is 1. The van der Waals surface area contributed by atoms with Crippen LogP contribution in [0.1, 0.15) is 52.4 Å². The lowest BCUT2D eigenvalue weighted by Crippen LogP contribution is -2.54. The predicted octanol–water partition coefficient (Wildman–Crippen LogP) is 1.57. The quantitative estimate of drug-likeness (QED) is 0.810. The molecular weight excluding hydrogens is 274 g/mol. The standard InChI is InChI=1S/C14H29N3O2S/c1-3-13-9-7-11-16(13)20(18,19)17-10-6-5-8-14(17)12-15-4-2/h13-15H,3-12H2,1-2H3. The van der Waals surface area contributed by atoms with Gasteiger partial charge in [0.05, 0.1) is 0 Å². The average Bonchev–Trinajstić information content (AvgIpc) is 2.94. The van der Waals surface area contributed by atoms with Gasteiger partial charge < -0.3 is 5.32 Å². The first-order valence-corrected chi connectivity index (χ1v) is 9.50. The third-order valence-corrected chi connectivity index (χ3v) is 6.74. The van der Waals surface area contributed by atoms with E-state index in [-0.39, 0.29) is 12.1 Å². The lowest BCUT2D eigenvalue weighted by molar-refractivity contribution is 0.223. The lowest BCUT2D eigenvalue weighted by atomic mass is 10.1. The highest BCUT2D eigenvalue weighted by atomic mass is 32.2. The van der Waals surface area contributed by atoms with Gasteiger partial charge in [-0.05, 0) is 38.6 Å². The third kappa shape index (κ3) is 3.35. The summed E-state index contributed by atoms with van der Waals surface area (Å²) < 4.78 is 29.4. The molecule has 2 unspecified atom stereocenters. The van der Waals surface area contributed by atoms with Crippen molar-refractivity contribution >= 4 is 10.2 Å². The summed E-state index contributed by atoms with van der Waals surface area (Å²) in [4.78, 5) is 0. The molecule has 2 fully saturated rings. The minimum atomic E-state index is -3.28. The molecule has 2 saturated heterocycles. The van der Waals surface area contributed by atoms with Gasteiger partial charge in [0, 0.05) is 31.7 Å². The molecule has 2 aliphatic rings. The van der Waals surface area contributed by atoms with Gasteiger partial charge in [-0.25, -0.2) is 0 Å². The minimum Gasteiger partial charge on any atom is -0.315 e.